The van der Waals surface area contributed by atoms with E-state index in [0.717, 1.165) is 5.03 Å². The summed E-state index contributed by atoms with van der Waals surface area (Å²) in [6.45, 7) is 2.77. The van der Waals surface area contributed by atoms with Crippen molar-refractivity contribution in [3.05, 3.63) is 60.3 Å². The Bertz CT molecular complexity index is 531. The molecule has 4 heteroatoms. The zero-order valence-corrected chi connectivity index (χ0v) is 12.3. The number of aromatic nitrogens is 1. The smallest absolute Gasteiger partial charge is 0.230 e. The summed E-state index contributed by atoms with van der Waals surface area (Å²) in [7, 11) is 0. The number of hydrogen-bond donors (Lipinski definition) is 1. The summed E-state index contributed by atoms with van der Waals surface area (Å²) in [5.74, 6) is 0.766. The lowest BCUT2D eigenvalue weighted by Crippen LogP contribution is -2.28. The topological polar surface area (TPSA) is 42.0 Å². The van der Waals surface area contributed by atoms with Crippen LogP contribution in [0.1, 0.15) is 18.4 Å². The Hall–Kier alpha value is -1.81. The molecule has 0 aliphatic rings. The van der Waals surface area contributed by atoms with Crippen LogP contribution in [0.3, 0.4) is 0 Å². The number of nitrogens with one attached hydrogen (secondary N) is 1. The van der Waals surface area contributed by atoms with E-state index < -0.39 is 0 Å². The van der Waals surface area contributed by atoms with Gasteiger partial charge in [0, 0.05) is 12.7 Å². The van der Waals surface area contributed by atoms with E-state index in [9.17, 15) is 4.79 Å². The largest absolute Gasteiger partial charge is 0.355 e. The van der Waals surface area contributed by atoms with Gasteiger partial charge in [0.05, 0.1) is 10.8 Å². The molecule has 1 heterocycles. The van der Waals surface area contributed by atoms with Gasteiger partial charge in [-0.3, -0.25) is 4.79 Å². The van der Waals surface area contributed by atoms with E-state index >= 15 is 0 Å². The third kappa shape index (κ3) is 4.70. The average molecular weight is 286 g/mol. The van der Waals surface area contributed by atoms with Crippen LogP contribution in [0.4, 0.5) is 0 Å². The highest BCUT2D eigenvalue weighted by molar-refractivity contribution is 7.99. The van der Waals surface area contributed by atoms with Crippen LogP contribution in [-0.2, 0) is 4.79 Å². The molecule has 0 spiro atoms. The van der Waals surface area contributed by atoms with Crippen molar-refractivity contribution in [3.63, 3.8) is 0 Å². The molecular weight excluding hydrogens is 268 g/mol. The Morgan fingerprint density at radius 3 is 2.65 bits per heavy atom. The molecule has 0 bridgehead atoms. The molecule has 20 heavy (non-hydrogen) atoms. The summed E-state index contributed by atoms with van der Waals surface area (Å²) in [6.07, 6.45) is 1.73. The quantitative estimate of drug-likeness (QED) is 0.830. The van der Waals surface area contributed by atoms with Gasteiger partial charge in [-0.05, 0) is 23.6 Å². The molecule has 1 atom stereocenters. The summed E-state index contributed by atoms with van der Waals surface area (Å²) >= 11 is 1.45. The number of nitrogens with zero attached hydrogens (tertiary/aromatic N) is 1. The number of thioether (sulfide) groups is 1. The fourth-order valence-electron chi connectivity index (χ4n) is 1.79. The maximum Gasteiger partial charge on any atom is 0.230 e. The maximum atomic E-state index is 11.8. The van der Waals surface area contributed by atoms with Crippen molar-refractivity contribution in [1.29, 1.82) is 0 Å². The van der Waals surface area contributed by atoms with Crippen LogP contribution in [0.2, 0.25) is 0 Å². The van der Waals surface area contributed by atoms with Gasteiger partial charge in [-0.15, -0.1) is 0 Å². The lowest BCUT2D eigenvalue weighted by Gasteiger charge is -2.12. The third-order valence-corrected chi connectivity index (χ3v) is 3.91. The van der Waals surface area contributed by atoms with Crippen LogP contribution in [0, 0.1) is 0 Å². The van der Waals surface area contributed by atoms with Crippen molar-refractivity contribution in [3.8, 4) is 0 Å². The van der Waals surface area contributed by atoms with E-state index in [-0.39, 0.29) is 5.91 Å². The van der Waals surface area contributed by atoms with Crippen molar-refractivity contribution in [1.82, 2.24) is 10.3 Å². The molecule has 104 valence electrons. The molecular formula is C16H18N2OS. The van der Waals surface area contributed by atoms with Gasteiger partial charge in [0.1, 0.15) is 0 Å². The van der Waals surface area contributed by atoms with Crippen LogP contribution in [-0.4, -0.2) is 23.2 Å². The van der Waals surface area contributed by atoms with E-state index in [2.05, 4.69) is 29.4 Å². The number of carbonyl (C=O) groups excluding carboxylic acids is 1. The highest BCUT2D eigenvalue weighted by Gasteiger charge is 2.08. The summed E-state index contributed by atoms with van der Waals surface area (Å²) in [4.78, 5) is 16.0. The summed E-state index contributed by atoms with van der Waals surface area (Å²) in [6, 6.07) is 15.9. The Morgan fingerprint density at radius 1 is 1.20 bits per heavy atom. The van der Waals surface area contributed by atoms with Gasteiger partial charge < -0.3 is 5.32 Å². The summed E-state index contributed by atoms with van der Waals surface area (Å²) in [5.41, 5.74) is 1.24. The molecule has 0 saturated heterocycles. The van der Waals surface area contributed by atoms with Crippen molar-refractivity contribution >= 4 is 17.7 Å². The number of amides is 1. The van der Waals surface area contributed by atoms with Crippen molar-refractivity contribution in [2.45, 2.75) is 17.9 Å². The van der Waals surface area contributed by atoms with Crippen molar-refractivity contribution < 1.29 is 4.79 Å². The molecule has 1 amide bonds. The van der Waals surface area contributed by atoms with Crippen LogP contribution < -0.4 is 5.32 Å². The van der Waals surface area contributed by atoms with E-state index in [4.69, 9.17) is 0 Å². The molecule has 0 aliphatic heterocycles. The summed E-state index contributed by atoms with van der Waals surface area (Å²) < 4.78 is 0. The Labute approximate surface area is 123 Å². The molecule has 1 N–H and O–H groups in total. The highest BCUT2D eigenvalue weighted by Crippen LogP contribution is 2.15. The Morgan fingerprint density at radius 2 is 1.95 bits per heavy atom. The van der Waals surface area contributed by atoms with Crippen LogP contribution in [0.25, 0.3) is 0 Å². The second kappa shape index (κ2) is 7.70. The first-order valence-corrected chi connectivity index (χ1v) is 7.60. The third-order valence-electron chi connectivity index (χ3n) is 2.96. The molecule has 2 aromatic rings. The molecule has 0 saturated carbocycles. The highest BCUT2D eigenvalue weighted by atomic mass is 32.2. The van der Waals surface area contributed by atoms with Gasteiger partial charge in [0.15, 0.2) is 0 Å². The minimum absolute atomic E-state index is 0.0448. The van der Waals surface area contributed by atoms with Crippen molar-refractivity contribution in [2.75, 3.05) is 12.3 Å². The second-order valence-electron chi connectivity index (χ2n) is 4.57. The number of hydrogen-bond acceptors (Lipinski definition) is 3. The first-order chi connectivity index (χ1) is 9.75. The van der Waals surface area contributed by atoms with Gasteiger partial charge in [-0.2, -0.15) is 0 Å². The lowest BCUT2D eigenvalue weighted by molar-refractivity contribution is -0.118. The number of pyridine rings is 1. The average Bonchev–Trinajstić information content (AvgIpc) is 2.52. The molecule has 3 nitrogen and oxygen atoms in total. The molecule has 0 unspecified atom stereocenters. The Balaban J connectivity index is 1.73. The SMILES string of the molecule is C[C@H](CNC(=O)CSc1ccccn1)c1ccccc1. The van der Waals surface area contributed by atoms with Gasteiger partial charge in [-0.25, -0.2) is 4.98 Å². The van der Waals surface area contributed by atoms with E-state index in [0.29, 0.717) is 18.2 Å². The van der Waals surface area contributed by atoms with Gasteiger partial charge >= 0.3 is 0 Å². The lowest BCUT2D eigenvalue weighted by atomic mass is 10.0. The van der Waals surface area contributed by atoms with Gasteiger partial charge in [0.25, 0.3) is 0 Å². The second-order valence-corrected chi connectivity index (χ2v) is 5.57. The predicted octanol–water partition coefficient (Wildman–Crippen LogP) is 3.09. The predicted molar refractivity (Wildman–Crippen MR) is 82.8 cm³/mol. The molecule has 1 aromatic heterocycles. The minimum atomic E-state index is 0.0448. The normalized spacial score (nSPS) is 11.8. The van der Waals surface area contributed by atoms with Crippen LogP contribution in [0.5, 0.6) is 0 Å². The Kier molecular flexibility index (Phi) is 5.62. The fraction of sp³-hybridized carbons (Fsp3) is 0.250. The molecule has 2 rings (SSSR count). The maximum absolute atomic E-state index is 11.8. The zero-order chi connectivity index (χ0) is 14.2. The summed E-state index contributed by atoms with van der Waals surface area (Å²) in [5, 5.41) is 3.84. The first-order valence-electron chi connectivity index (χ1n) is 6.61. The molecule has 1 aromatic carbocycles. The van der Waals surface area contributed by atoms with E-state index in [1.54, 1.807) is 6.20 Å². The number of rotatable bonds is 6. The standard InChI is InChI=1S/C16H18N2OS/c1-13(14-7-3-2-4-8-14)11-18-15(19)12-20-16-9-5-6-10-17-16/h2-10,13H,11-12H2,1H3,(H,18,19)/t13-/m1/s1. The molecule has 0 aliphatic carbocycles. The minimum Gasteiger partial charge on any atom is -0.355 e. The van der Waals surface area contributed by atoms with Crippen molar-refractivity contribution in [2.24, 2.45) is 0 Å². The number of benzene rings is 1. The zero-order valence-electron chi connectivity index (χ0n) is 11.5. The van der Waals surface area contributed by atoms with Crippen LogP contribution >= 0.6 is 11.8 Å². The molecule has 0 fully saturated rings. The monoisotopic (exact) mass is 286 g/mol. The first kappa shape index (κ1) is 14.6. The van der Waals surface area contributed by atoms with Crippen LogP contribution in [0.15, 0.2) is 59.8 Å². The number of carbonyl (C=O) groups is 1. The van der Waals surface area contributed by atoms with E-state index in [1.165, 1.54) is 17.3 Å². The molecule has 0 radical (unpaired) electrons. The van der Waals surface area contributed by atoms with Gasteiger partial charge in [0.2, 0.25) is 5.91 Å². The fourth-order valence-corrected chi connectivity index (χ4v) is 2.48. The van der Waals surface area contributed by atoms with E-state index in [1.807, 2.05) is 36.4 Å². The van der Waals surface area contributed by atoms with Gasteiger partial charge in [-0.1, -0.05) is 55.1 Å².